The van der Waals surface area contributed by atoms with Gasteiger partial charge in [-0.2, -0.15) is 0 Å². The van der Waals surface area contributed by atoms with E-state index in [1.807, 2.05) is 0 Å². The molecule has 0 bridgehead atoms. The quantitative estimate of drug-likeness (QED) is 0.411. The van der Waals surface area contributed by atoms with Crippen LogP contribution < -0.4 is 0 Å². The third-order valence-corrected chi connectivity index (χ3v) is 2.99. The molecular formula is C12H24O. The number of hydrogen-bond acceptors (Lipinski definition) is 1. The topological polar surface area (TPSA) is 12.5 Å². The minimum absolute atomic E-state index is 0.348. The van der Waals surface area contributed by atoms with Crippen LogP contribution in [0.15, 0.2) is 0 Å². The fourth-order valence-corrected chi connectivity index (χ4v) is 2.02. The van der Waals surface area contributed by atoms with Crippen molar-refractivity contribution in [2.45, 2.75) is 70.8 Å². The highest BCUT2D eigenvalue weighted by molar-refractivity contribution is 4.91. The van der Waals surface area contributed by atoms with Gasteiger partial charge in [0.1, 0.15) is 0 Å². The van der Waals surface area contributed by atoms with Gasteiger partial charge in [-0.1, -0.05) is 52.4 Å². The standard InChI is InChI=1S/C12H24O/c1-3-5-6-7-8-10-12(9-4-2)11-13-12/h3-11H2,1-2H3. The second-order valence-electron chi connectivity index (χ2n) is 4.39. The fraction of sp³-hybridized carbons (Fsp3) is 1.00. The van der Waals surface area contributed by atoms with E-state index in [4.69, 9.17) is 4.74 Å². The molecule has 0 spiro atoms. The van der Waals surface area contributed by atoms with Crippen molar-refractivity contribution in [1.29, 1.82) is 0 Å². The molecule has 78 valence electrons. The van der Waals surface area contributed by atoms with Crippen LogP contribution in [0.2, 0.25) is 0 Å². The van der Waals surface area contributed by atoms with Crippen LogP contribution in [0, 0.1) is 0 Å². The molecule has 1 unspecified atom stereocenters. The van der Waals surface area contributed by atoms with Gasteiger partial charge in [0.2, 0.25) is 0 Å². The van der Waals surface area contributed by atoms with E-state index >= 15 is 0 Å². The summed E-state index contributed by atoms with van der Waals surface area (Å²) in [7, 11) is 0. The molecule has 1 atom stereocenters. The van der Waals surface area contributed by atoms with E-state index in [1.54, 1.807) is 0 Å². The van der Waals surface area contributed by atoms with Gasteiger partial charge < -0.3 is 4.74 Å². The van der Waals surface area contributed by atoms with Crippen molar-refractivity contribution >= 4 is 0 Å². The number of hydrogen-bond donors (Lipinski definition) is 0. The predicted octanol–water partition coefficient (Wildman–Crippen LogP) is 3.92. The summed E-state index contributed by atoms with van der Waals surface area (Å²) in [5.41, 5.74) is 0.348. The lowest BCUT2D eigenvalue weighted by molar-refractivity contribution is 0.265. The smallest absolute Gasteiger partial charge is 0.0916 e. The van der Waals surface area contributed by atoms with Crippen LogP contribution in [0.25, 0.3) is 0 Å². The molecule has 1 aliphatic heterocycles. The Hall–Kier alpha value is -0.0400. The molecule has 0 saturated carbocycles. The highest BCUT2D eigenvalue weighted by Gasteiger charge is 2.42. The maximum Gasteiger partial charge on any atom is 0.0916 e. The number of ether oxygens (including phenoxy) is 1. The van der Waals surface area contributed by atoms with Crippen LogP contribution in [0.1, 0.15) is 65.2 Å². The second-order valence-corrected chi connectivity index (χ2v) is 4.39. The number of epoxide rings is 1. The molecule has 13 heavy (non-hydrogen) atoms. The second kappa shape index (κ2) is 5.64. The van der Waals surface area contributed by atoms with Gasteiger partial charge in [-0.15, -0.1) is 0 Å². The average molecular weight is 184 g/mol. The first kappa shape index (κ1) is 11.0. The van der Waals surface area contributed by atoms with E-state index < -0.39 is 0 Å². The summed E-state index contributed by atoms with van der Waals surface area (Å²) in [4.78, 5) is 0. The lowest BCUT2D eigenvalue weighted by atomic mass is 9.97. The molecule has 0 radical (unpaired) electrons. The Morgan fingerprint density at radius 2 is 1.62 bits per heavy atom. The first-order valence-corrected chi connectivity index (χ1v) is 5.97. The molecule has 0 aromatic rings. The lowest BCUT2D eigenvalue weighted by Gasteiger charge is -2.09. The summed E-state index contributed by atoms with van der Waals surface area (Å²) in [6, 6.07) is 0. The van der Waals surface area contributed by atoms with Crippen LogP contribution in [0.3, 0.4) is 0 Å². The molecule has 1 aliphatic rings. The van der Waals surface area contributed by atoms with Gasteiger partial charge in [0.25, 0.3) is 0 Å². The minimum Gasteiger partial charge on any atom is -0.370 e. The highest BCUT2D eigenvalue weighted by atomic mass is 16.6. The van der Waals surface area contributed by atoms with Gasteiger partial charge in [-0.05, 0) is 12.8 Å². The molecule has 1 nitrogen and oxygen atoms in total. The summed E-state index contributed by atoms with van der Waals surface area (Å²) in [6.45, 7) is 5.55. The molecule has 1 rings (SSSR count). The fourth-order valence-electron chi connectivity index (χ4n) is 2.02. The Labute approximate surface area is 82.9 Å². The van der Waals surface area contributed by atoms with Crippen LogP contribution in [0.5, 0.6) is 0 Å². The van der Waals surface area contributed by atoms with Gasteiger partial charge in [-0.3, -0.25) is 0 Å². The molecule has 0 aromatic heterocycles. The molecular weight excluding hydrogens is 160 g/mol. The van der Waals surface area contributed by atoms with Gasteiger partial charge in [-0.25, -0.2) is 0 Å². The van der Waals surface area contributed by atoms with Crippen molar-refractivity contribution in [2.24, 2.45) is 0 Å². The molecule has 0 amide bonds. The maximum absolute atomic E-state index is 5.54. The predicted molar refractivity (Wildman–Crippen MR) is 57.0 cm³/mol. The zero-order valence-corrected chi connectivity index (χ0v) is 9.27. The Morgan fingerprint density at radius 1 is 0.923 bits per heavy atom. The molecule has 1 heteroatoms. The van der Waals surface area contributed by atoms with Crippen LogP contribution >= 0.6 is 0 Å². The van der Waals surface area contributed by atoms with Gasteiger partial charge in [0.05, 0.1) is 12.2 Å². The normalized spacial score (nSPS) is 26.3. The van der Waals surface area contributed by atoms with Crippen molar-refractivity contribution in [3.63, 3.8) is 0 Å². The molecule has 0 aromatic carbocycles. The monoisotopic (exact) mass is 184 g/mol. The zero-order chi connectivity index (χ0) is 9.57. The summed E-state index contributed by atoms with van der Waals surface area (Å²) in [5.74, 6) is 0. The lowest BCUT2D eigenvalue weighted by Crippen LogP contribution is -2.09. The molecule has 1 heterocycles. The molecule has 1 saturated heterocycles. The van der Waals surface area contributed by atoms with Crippen molar-refractivity contribution in [3.8, 4) is 0 Å². The largest absolute Gasteiger partial charge is 0.370 e. The first-order valence-electron chi connectivity index (χ1n) is 5.97. The van der Waals surface area contributed by atoms with E-state index in [1.165, 1.54) is 51.4 Å². The van der Waals surface area contributed by atoms with Crippen LogP contribution in [-0.2, 0) is 4.74 Å². The van der Waals surface area contributed by atoms with E-state index in [-0.39, 0.29) is 0 Å². The summed E-state index contributed by atoms with van der Waals surface area (Å²) in [6.07, 6.45) is 10.8. The maximum atomic E-state index is 5.54. The average Bonchev–Trinajstić information content (AvgIpc) is 2.86. The third-order valence-electron chi connectivity index (χ3n) is 2.99. The van der Waals surface area contributed by atoms with E-state index in [2.05, 4.69) is 13.8 Å². The Bertz CT molecular complexity index is 127. The third kappa shape index (κ3) is 4.12. The van der Waals surface area contributed by atoms with Crippen molar-refractivity contribution in [2.75, 3.05) is 6.61 Å². The first-order chi connectivity index (χ1) is 6.33. The summed E-state index contributed by atoms with van der Waals surface area (Å²) in [5, 5.41) is 0. The molecule has 0 N–H and O–H groups in total. The van der Waals surface area contributed by atoms with Gasteiger partial charge in [0.15, 0.2) is 0 Å². The zero-order valence-electron chi connectivity index (χ0n) is 9.27. The Kier molecular flexibility index (Phi) is 4.79. The van der Waals surface area contributed by atoms with Crippen molar-refractivity contribution in [3.05, 3.63) is 0 Å². The van der Waals surface area contributed by atoms with E-state index in [9.17, 15) is 0 Å². The number of unbranched alkanes of at least 4 members (excludes halogenated alkanes) is 4. The van der Waals surface area contributed by atoms with Crippen molar-refractivity contribution < 1.29 is 4.74 Å². The molecule has 0 aliphatic carbocycles. The van der Waals surface area contributed by atoms with Gasteiger partial charge >= 0.3 is 0 Å². The SMILES string of the molecule is CCCCCCCC1(CCC)CO1. The van der Waals surface area contributed by atoms with E-state index in [0.29, 0.717) is 5.60 Å². The number of rotatable bonds is 8. The van der Waals surface area contributed by atoms with Crippen molar-refractivity contribution in [1.82, 2.24) is 0 Å². The Balaban J connectivity index is 1.93. The van der Waals surface area contributed by atoms with Crippen LogP contribution in [0.4, 0.5) is 0 Å². The highest BCUT2D eigenvalue weighted by Crippen LogP contribution is 2.37. The van der Waals surface area contributed by atoms with E-state index in [0.717, 1.165) is 6.61 Å². The Morgan fingerprint density at radius 3 is 2.15 bits per heavy atom. The minimum atomic E-state index is 0.348. The molecule has 1 fully saturated rings. The summed E-state index contributed by atoms with van der Waals surface area (Å²) < 4.78 is 5.54. The van der Waals surface area contributed by atoms with Gasteiger partial charge in [0, 0.05) is 0 Å². The van der Waals surface area contributed by atoms with Crippen LogP contribution in [-0.4, -0.2) is 12.2 Å². The summed E-state index contributed by atoms with van der Waals surface area (Å²) >= 11 is 0.